The molecule has 1 heterocycles. The molecule has 2 aromatic carbocycles. The first kappa shape index (κ1) is 16.4. The van der Waals surface area contributed by atoms with Crippen LogP contribution in [-0.4, -0.2) is 22.3 Å². The molecule has 1 amide bonds. The van der Waals surface area contributed by atoms with Gasteiger partial charge < -0.3 is 4.90 Å². The maximum absolute atomic E-state index is 13.5. The van der Waals surface area contributed by atoms with Gasteiger partial charge in [-0.2, -0.15) is 0 Å². The Hall–Kier alpha value is -2.47. The highest BCUT2D eigenvalue weighted by atomic mass is 35.5. The van der Waals surface area contributed by atoms with Crippen LogP contribution in [0.1, 0.15) is 34.5 Å². The minimum Gasteiger partial charge on any atom is -0.331 e. The quantitative estimate of drug-likeness (QED) is 0.605. The van der Waals surface area contributed by atoms with Crippen LogP contribution < -0.4 is 0 Å². The van der Waals surface area contributed by atoms with Gasteiger partial charge >= 0.3 is 0 Å². The average Bonchev–Trinajstić information content (AvgIpc) is 2.55. The van der Waals surface area contributed by atoms with Crippen LogP contribution in [0.25, 0.3) is 0 Å². The number of nitro groups is 1. The van der Waals surface area contributed by atoms with E-state index < -0.39 is 10.8 Å². The molecule has 7 heteroatoms. The fraction of sp³-hybridized carbons (Fsp3) is 0.235. The fourth-order valence-electron chi connectivity index (χ4n) is 3.05. The number of hydrogen-bond acceptors (Lipinski definition) is 3. The molecule has 3 rings (SSSR count). The van der Waals surface area contributed by atoms with E-state index in [4.69, 9.17) is 11.6 Å². The van der Waals surface area contributed by atoms with Crippen LogP contribution >= 0.6 is 11.6 Å². The Kier molecular flexibility index (Phi) is 4.24. The Morgan fingerprint density at radius 1 is 1.33 bits per heavy atom. The Morgan fingerprint density at radius 2 is 2.08 bits per heavy atom. The van der Waals surface area contributed by atoms with Gasteiger partial charge in [-0.25, -0.2) is 4.39 Å². The van der Waals surface area contributed by atoms with Gasteiger partial charge in [0.15, 0.2) is 0 Å². The summed E-state index contributed by atoms with van der Waals surface area (Å²) < 4.78 is 13.5. The Labute approximate surface area is 142 Å². The molecule has 0 bridgehead atoms. The van der Waals surface area contributed by atoms with Gasteiger partial charge in [-0.1, -0.05) is 17.7 Å². The van der Waals surface area contributed by atoms with Crippen molar-refractivity contribution in [1.29, 1.82) is 0 Å². The third-order valence-electron chi connectivity index (χ3n) is 4.30. The van der Waals surface area contributed by atoms with E-state index in [1.165, 1.54) is 29.2 Å². The second kappa shape index (κ2) is 6.20. The zero-order chi connectivity index (χ0) is 17.4. The number of carbonyl (C=O) groups excluding carboxylic acids is 1. The van der Waals surface area contributed by atoms with Crippen LogP contribution in [0, 0.1) is 15.9 Å². The molecular weight excluding hydrogens is 335 g/mol. The standard InChI is InChI=1S/C17H14ClFN2O3/c1-10-15-9-13(19)4-2-11(15)6-7-20(10)17(22)14-5-3-12(18)8-16(14)21(23)24/h2-5,8-10H,6-7H2,1H3. The highest BCUT2D eigenvalue weighted by molar-refractivity contribution is 6.31. The molecule has 0 aliphatic carbocycles. The largest absolute Gasteiger partial charge is 0.331 e. The molecule has 0 saturated carbocycles. The molecule has 1 unspecified atom stereocenters. The van der Waals surface area contributed by atoms with Crippen LogP contribution in [0.15, 0.2) is 36.4 Å². The number of benzene rings is 2. The van der Waals surface area contributed by atoms with Gasteiger partial charge in [0.25, 0.3) is 11.6 Å². The fourth-order valence-corrected chi connectivity index (χ4v) is 3.22. The summed E-state index contributed by atoms with van der Waals surface area (Å²) in [6.07, 6.45) is 0.576. The predicted octanol–water partition coefficient (Wildman–Crippen LogP) is 4.15. The van der Waals surface area contributed by atoms with Crippen molar-refractivity contribution in [2.75, 3.05) is 6.54 Å². The smallest absolute Gasteiger partial charge is 0.283 e. The first-order valence-electron chi connectivity index (χ1n) is 7.41. The molecule has 1 aliphatic rings. The lowest BCUT2D eigenvalue weighted by molar-refractivity contribution is -0.385. The number of halogens is 2. The lowest BCUT2D eigenvalue weighted by Crippen LogP contribution is -2.39. The first-order valence-corrected chi connectivity index (χ1v) is 7.79. The molecule has 5 nitrogen and oxygen atoms in total. The Morgan fingerprint density at radius 3 is 2.79 bits per heavy atom. The molecule has 24 heavy (non-hydrogen) atoms. The number of rotatable bonds is 2. The van der Waals surface area contributed by atoms with E-state index in [-0.39, 0.29) is 28.1 Å². The highest BCUT2D eigenvalue weighted by Gasteiger charge is 2.32. The summed E-state index contributed by atoms with van der Waals surface area (Å²) in [7, 11) is 0. The summed E-state index contributed by atoms with van der Waals surface area (Å²) >= 11 is 5.79. The summed E-state index contributed by atoms with van der Waals surface area (Å²) in [5.41, 5.74) is 1.37. The van der Waals surface area contributed by atoms with E-state index in [9.17, 15) is 19.3 Å². The van der Waals surface area contributed by atoms with Gasteiger partial charge in [-0.15, -0.1) is 0 Å². The third-order valence-corrected chi connectivity index (χ3v) is 4.53. The summed E-state index contributed by atoms with van der Waals surface area (Å²) in [6.45, 7) is 2.20. The van der Waals surface area contributed by atoms with E-state index in [1.807, 2.05) is 0 Å². The monoisotopic (exact) mass is 348 g/mol. The summed E-state index contributed by atoms with van der Waals surface area (Å²) in [5.74, 6) is -0.826. The van der Waals surface area contributed by atoms with Crippen molar-refractivity contribution < 1.29 is 14.1 Å². The average molecular weight is 349 g/mol. The summed E-state index contributed by atoms with van der Waals surface area (Å²) in [6, 6.07) is 8.13. The molecular formula is C17H14ClFN2O3. The normalized spacial score (nSPS) is 16.6. The van der Waals surface area contributed by atoms with Crippen molar-refractivity contribution in [2.45, 2.75) is 19.4 Å². The SMILES string of the molecule is CC1c2cc(F)ccc2CCN1C(=O)c1ccc(Cl)cc1[N+](=O)[O-]. The number of hydrogen-bond donors (Lipinski definition) is 0. The van der Waals surface area contributed by atoms with Crippen molar-refractivity contribution in [3.05, 3.63) is 74.0 Å². The summed E-state index contributed by atoms with van der Waals surface area (Å²) in [4.78, 5) is 24.9. The minimum absolute atomic E-state index is 0.0175. The van der Waals surface area contributed by atoms with Crippen LogP contribution in [0.2, 0.25) is 5.02 Å². The zero-order valence-electron chi connectivity index (χ0n) is 12.8. The predicted molar refractivity (Wildman–Crippen MR) is 87.7 cm³/mol. The lowest BCUT2D eigenvalue weighted by atomic mass is 9.92. The van der Waals surface area contributed by atoms with Crippen LogP contribution in [0.3, 0.4) is 0 Å². The Balaban J connectivity index is 1.99. The number of nitrogens with zero attached hydrogens (tertiary/aromatic N) is 2. The Bertz CT molecular complexity index is 841. The topological polar surface area (TPSA) is 63.5 Å². The number of amides is 1. The van der Waals surface area contributed by atoms with E-state index >= 15 is 0 Å². The highest BCUT2D eigenvalue weighted by Crippen LogP contribution is 2.33. The summed E-state index contributed by atoms with van der Waals surface area (Å²) in [5, 5.41) is 11.4. The molecule has 0 aromatic heterocycles. The first-order chi connectivity index (χ1) is 11.4. The molecule has 1 aliphatic heterocycles. The van der Waals surface area contributed by atoms with Gasteiger partial charge in [0, 0.05) is 17.6 Å². The maximum atomic E-state index is 13.5. The lowest BCUT2D eigenvalue weighted by Gasteiger charge is -2.35. The van der Waals surface area contributed by atoms with E-state index in [2.05, 4.69) is 0 Å². The van der Waals surface area contributed by atoms with Crippen LogP contribution in [-0.2, 0) is 6.42 Å². The van der Waals surface area contributed by atoms with E-state index in [0.29, 0.717) is 13.0 Å². The molecule has 0 fully saturated rings. The molecule has 0 N–H and O–H groups in total. The number of nitro benzene ring substituents is 1. The van der Waals surface area contributed by atoms with Gasteiger partial charge in [0.1, 0.15) is 11.4 Å². The zero-order valence-corrected chi connectivity index (χ0v) is 13.6. The second-order valence-electron chi connectivity index (χ2n) is 5.69. The minimum atomic E-state index is -0.624. The van der Waals surface area contributed by atoms with Crippen molar-refractivity contribution in [1.82, 2.24) is 4.90 Å². The number of carbonyl (C=O) groups is 1. The third kappa shape index (κ3) is 2.85. The van der Waals surface area contributed by atoms with Crippen LogP contribution in [0.4, 0.5) is 10.1 Å². The molecule has 1 atom stereocenters. The van der Waals surface area contributed by atoms with Crippen molar-refractivity contribution in [3.63, 3.8) is 0 Å². The second-order valence-corrected chi connectivity index (χ2v) is 6.12. The molecule has 2 aromatic rings. The van der Waals surface area contributed by atoms with Gasteiger partial charge in [-0.05, 0) is 48.7 Å². The van der Waals surface area contributed by atoms with Crippen molar-refractivity contribution in [3.8, 4) is 0 Å². The van der Waals surface area contributed by atoms with Gasteiger partial charge in [0.2, 0.25) is 0 Å². The molecule has 0 radical (unpaired) electrons. The van der Waals surface area contributed by atoms with E-state index in [0.717, 1.165) is 17.2 Å². The molecule has 0 saturated heterocycles. The van der Waals surface area contributed by atoms with Gasteiger partial charge in [-0.3, -0.25) is 14.9 Å². The molecule has 0 spiro atoms. The van der Waals surface area contributed by atoms with Crippen molar-refractivity contribution >= 4 is 23.2 Å². The molecule has 124 valence electrons. The maximum Gasteiger partial charge on any atom is 0.283 e. The van der Waals surface area contributed by atoms with Gasteiger partial charge in [0.05, 0.1) is 11.0 Å². The van der Waals surface area contributed by atoms with E-state index in [1.54, 1.807) is 13.0 Å². The van der Waals surface area contributed by atoms with Crippen LogP contribution in [0.5, 0.6) is 0 Å². The number of fused-ring (bicyclic) bond motifs is 1. The van der Waals surface area contributed by atoms with Crippen molar-refractivity contribution in [2.24, 2.45) is 0 Å².